The first-order chi connectivity index (χ1) is 24.7. The van der Waals surface area contributed by atoms with E-state index in [4.69, 9.17) is 14.2 Å². The van der Waals surface area contributed by atoms with Crippen LogP contribution in [0.15, 0.2) is 0 Å². The number of carbonyl (C=O) groups is 3. The molecule has 0 bridgehead atoms. The quantitative estimate of drug-likeness (QED) is 0.0798. The SMILES string of the molecule is CCCCc1c(CCOCC(=O)N(CC)CC)c(CCCC)c(CCOCC(=O)N(CC)CC)c(CCCC)c1CCOCC(=O)N(CC)CC. The van der Waals surface area contributed by atoms with Crippen LogP contribution in [0, 0.1) is 0 Å². The number of hydrogen-bond donors (Lipinski definition) is 0. The maximum absolute atomic E-state index is 12.8. The predicted molar refractivity (Wildman–Crippen MR) is 210 cm³/mol. The largest absolute Gasteiger partial charge is 0.371 e. The summed E-state index contributed by atoms with van der Waals surface area (Å²) in [6.07, 6.45) is 11.7. The van der Waals surface area contributed by atoms with E-state index in [2.05, 4.69) is 20.8 Å². The molecule has 0 aliphatic heterocycles. The van der Waals surface area contributed by atoms with E-state index in [0.29, 0.717) is 59.1 Å². The van der Waals surface area contributed by atoms with E-state index >= 15 is 0 Å². The summed E-state index contributed by atoms with van der Waals surface area (Å²) in [5.41, 5.74) is 8.30. The van der Waals surface area contributed by atoms with Gasteiger partial charge >= 0.3 is 0 Å². The van der Waals surface area contributed by atoms with Crippen LogP contribution in [0.25, 0.3) is 0 Å². The number of ether oxygens (including phenoxy) is 3. The fourth-order valence-electron chi connectivity index (χ4n) is 6.97. The van der Waals surface area contributed by atoms with Crippen LogP contribution >= 0.6 is 0 Å². The van der Waals surface area contributed by atoms with Gasteiger partial charge in [0.15, 0.2) is 0 Å². The lowest BCUT2D eigenvalue weighted by atomic mass is 9.78. The molecule has 9 nitrogen and oxygen atoms in total. The average Bonchev–Trinajstić information content (AvgIpc) is 3.13. The molecule has 0 fully saturated rings. The molecule has 0 radical (unpaired) electrons. The number of unbranched alkanes of at least 4 members (excludes halogenated alkanes) is 3. The summed E-state index contributed by atoms with van der Waals surface area (Å²) in [7, 11) is 0. The third-order valence-electron chi connectivity index (χ3n) is 10.0. The van der Waals surface area contributed by atoms with Gasteiger partial charge in [-0.25, -0.2) is 0 Å². The number of hydrogen-bond acceptors (Lipinski definition) is 6. The summed E-state index contributed by atoms with van der Waals surface area (Å²) >= 11 is 0. The van der Waals surface area contributed by atoms with E-state index in [1.54, 1.807) is 0 Å². The third kappa shape index (κ3) is 16.0. The Balaban J connectivity index is 3.69. The van der Waals surface area contributed by atoms with Crippen molar-refractivity contribution in [3.63, 3.8) is 0 Å². The summed E-state index contributed by atoms with van der Waals surface area (Å²) in [6.45, 7) is 24.5. The van der Waals surface area contributed by atoms with Gasteiger partial charge in [-0.05, 0) is 133 Å². The van der Waals surface area contributed by atoms with Gasteiger partial charge < -0.3 is 28.9 Å². The standard InChI is InChI=1S/C42H75N3O6/c1-10-19-22-34-37(25-28-49-31-40(46)43(13-4)14-5)35(23-20-11-2)39(27-30-51-33-42(48)45(17-8)18-9)36(24-21-12-3)38(34)26-29-50-32-41(47)44(15-6)16-7/h10-33H2,1-9H3. The maximum Gasteiger partial charge on any atom is 0.248 e. The Morgan fingerprint density at radius 3 is 0.784 bits per heavy atom. The molecule has 0 atom stereocenters. The first kappa shape index (κ1) is 46.5. The molecular formula is C42H75N3O6. The summed E-state index contributed by atoms with van der Waals surface area (Å²) in [4.78, 5) is 43.7. The van der Waals surface area contributed by atoms with Gasteiger partial charge in [-0.15, -0.1) is 0 Å². The molecule has 0 aliphatic rings. The van der Waals surface area contributed by atoms with Gasteiger partial charge in [0.2, 0.25) is 17.7 Å². The maximum atomic E-state index is 12.8. The van der Waals surface area contributed by atoms with Crippen LogP contribution in [0.4, 0.5) is 0 Å². The number of carbonyl (C=O) groups excluding carboxylic acids is 3. The van der Waals surface area contributed by atoms with Crippen LogP contribution in [0.5, 0.6) is 0 Å². The van der Waals surface area contributed by atoms with E-state index in [9.17, 15) is 14.4 Å². The second kappa shape index (κ2) is 28.1. The monoisotopic (exact) mass is 718 g/mol. The van der Waals surface area contributed by atoms with E-state index < -0.39 is 0 Å². The molecule has 0 aliphatic carbocycles. The van der Waals surface area contributed by atoms with Gasteiger partial charge in [0, 0.05) is 39.3 Å². The molecule has 0 saturated carbocycles. The molecule has 3 amide bonds. The minimum absolute atomic E-state index is 0.0292. The van der Waals surface area contributed by atoms with Crippen molar-refractivity contribution < 1.29 is 28.6 Å². The number of rotatable bonds is 30. The molecule has 0 aromatic heterocycles. The fourth-order valence-corrected chi connectivity index (χ4v) is 6.97. The Morgan fingerprint density at radius 2 is 0.588 bits per heavy atom. The number of likely N-dealkylation sites (N-methyl/N-ethyl adjacent to an activating group) is 3. The van der Waals surface area contributed by atoms with E-state index in [-0.39, 0.29) is 37.5 Å². The molecule has 9 heteroatoms. The topological polar surface area (TPSA) is 88.6 Å². The molecule has 0 unspecified atom stereocenters. The van der Waals surface area contributed by atoms with Crippen LogP contribution < -0.4 is 0 Å². The number of benzene rings is 1. The summed E-state index contributed by atoms with van der Waals surface area (Å²) in [5.74, 6) is 0.0876. The molecule has 0 heterocycles. The van der Waals surface area contributed by atoms with Gasteiger partial charge in [-0.2, -0.15) is 0 Å². The molecule has 1 aromatic carbocycles. The molecule has 1 rings (SSSR count). The number of amides is 3. The van der Waals surface area contributed by atoms with Gasteiger partial charge in [0.1, 0.15) is 19.8 Å². The molecule has 51 heavy (non-hydrogen) atoms. The Bertz CT molecular complexity index is 969. The summed E-state index contributed by atoms with van der Waals surface area (Å²) < 4.78 is 18.3. The fraction of sp³-hybridized carbons (Fsp3) is 0.786. The Morgan fingerprint density at radius 1 is 0.373 bits per heavy atom. The highest BCUT2D eigenvalue weighted by molar-refractivity contribution is 5.78. The predicted octanol–water partition coefficient (Wildman–Crippen LogP) is 7.00. The molecule has 0 saturated heterocycles. The van der Waals surface area contributed by atoms with Crippen molar-refractivity contribution in [2.24, 2.45) is 0 Å². The van der Waals surface area contributed by atoms with E-state index in [1.807, 2.05) is 56.2 Å². The van der Waals surface area contributed by atoms with Crippen molar-refractivity contribution in [1.29, 1.82) is 0 Å². The minimum atomic E-state index is 0.0292. The first-order valence-electron chi connectivity index (χ1n) is 20.5. The zero-order valence-electron chi connectivity index (χ0n) is 34.3. The van der Waals surface area contributed by atoms with Crippen LogP contribution in [0.1, 0.15) is 134 Å². The lowest BCUT2D eigenvalue weighted by molar-refractivity contribution is -0.136. The van der Waals surface area contributed by atoms with Gasteiger partial charge in [0.05, 0.1) is 19.8 Å². The summed E-state index contributed by atoms with van der Waals surface area (Å²) in [6, 6.07) is 0. The van der Waals surface area contributed by atoms with Crippen molar-refractivity contribution in [2.75, 3.05) is 78.9 Å². The summed E-state index contributed by atoms with van der Waals surface area (Å²) in [5, 5.41) is 0. The zero-order valence-corrected chi connectivity index (χ0v) is 34.3. The zero-order chi connectivity index (χ0) is 38.0. The Hall–Kier alpha value is -2.49. The highest BCUT2D eigenvalue weighted by atomic mass is 16.5. The van der Waals surface area contributed by atoms with Gasteiger partial charge in [-0.1, -0.05) is 40.0 Å². The van der Waals surface area contributed by atoms with Crippen molar-refractivity contribution in [3.8, 4) is 0 Å². The molecule has 0 spiro atoms. The lowest BCUT2D eigenvalue weighted by Gasteiger charge is -2.28. The smallest absolute Gasteiger partial charge is 0.248 e. The molecular weight excluding hydrogens is 642 g/mol. The van der Waals surface area contributed by atoms with Crippen LogP contribution in [-0.4, -0.2) is 111 Å². The lowest BCUT2D eigenvalue weighted by Crippen LogP contribution is -2.34. The minimum Gasteiger partial charge on any atom is -0.371 e. The second-order valence-corrected chi connectivity index (χ2v) is 13.3. The Kier molecular flexibility index (Phi) is 25.6. The van der Waals surface area contributed by atoms with Crippen molar-refractivity contribution in [2.45, 2.75) is 139 Å². The molecule has 294 valence electrons. The van der Waals surface area contributed by atoms with E-state index in [1.165, 1.54) is 33.4 Å². The average molecular weight is 718 g/mol. The van der Waals surface area contributed by atoms with Crippen LogP contribution in [-0.2, 0) is 67.1 Å². The highest BCUT2D eigenvalue weighted by Gasteiger charge is 2.24. The third-order valence-corrected chi connectivity index (χ3v) is 10.0. The van der Waals surface area contributed by atoms with Crippen LogP contribution in [0.2, 0.25) is 0 Å². The number of nitrogens with zero attached hydrogens (tertiary/aromatic N) is 3. The van der Waals surface area contributed by atoms with Crippen molar-refractivity contribution >= 4 is 17.7 Å². The van der Waals surface area contributed by atoms with Gasteiger partial charge in [-0.3, -0.25) is 14.4 Å². The van der Waals surface area contributed by atoms with E-state index in [0.717, 1.165) is 77.0 Å². The normalized spacial score (nSPS) is 11.2. The second-order valence-electron chi connectivity index (χ2n) is 13.3. The van der Waals surface area contributed by atoms with Crippen LogP contribution in [0.3, 0.4) is 0 Å². The highest BCUT2D eigenvalue weighted by Crippen LogP contribution is 2.34. The van der Waals surface area contributed by atoms with Gasteiger partial charge in [0.25, 0.3) is 0 Å². The van der Waals surface area contributed by atoms with Crippen molar-refractivity contribution in [3.05, 3.63) is 33.4 Å². The molecule has 0 N–H and O–H groups in total. The Labute approximate surface area is 312 Å². The molecule has 1 aromatic rings. The first-order valence-corrected chi connectivity index (χ1v) is 20.5. The van der Waals surface area contributed by atoms with Crippen molar-refractivity contribution in [1.82, 2.24) is 14.7 Å².